The van der Waals surface area contributed by atoms with Crippen LogP contribution in [0.2, 0.25) is 0 Å². The Morgan fingerprint density at radius 3 is 2.40 bits per heavy atom. The Bertz CT molecular complexity index is 264. The molecule has 1 rings (SSSR count). The van der Waals surface area contributed by atoms with Crippen molar-refractivity contribution in [1.29, 1.82) is 0 Å². The van der Waals surface area contributed by atoms with Gasteiger partial charge in [0.2, 0.25) is 0 Å². The largest absolute Gasteiger partial charge is 0.508 e. The van der Waals surface area contributed by atoms with Crippen molar-refractivity contribution >= 4 is 0 Å². The van der Waals surface area contributed by atoms with Crippen LogP contribution in [-0.2, 0) is 0 Å². The fraction of sp³-hybridized carbons (Fsp3) is 0.500. The molecule has 0 radical (unpaired) electrons. The van der Waals surface area contributed by atoms with Gasteiger partial charge in [0, 0.05) is 6.54 Å². The molecular weight excluding hydrogens is 190 g/mol. The van der Waals surface area contributed by atoms with Crippen molar-refractivity contribution in [2.45, 2.75) is 26.4 Å². The molecule has 0 aliphatic carbocycles. The zero-order valence-corrected chi connectivity index (χ0v) is 9.70. The summed E-state index contributed by atoms with van der Waals surface area (Å²) in [4.78, 5) is 0. The molecule has 3 heteroatoms. The maximum Gasteiger partial charge on any atom is 0.115 e. The quantitative estimate of drug-likeness (QED) is 0.717. The van der Waals surface area contributed by atoms with Crippen LogP contribution in [0.25, 0.3) is 0 Å². The zero-order valence-electron chi connectivity index (χ0n) is 9.70. The van der Waals surface area contributed by atoms with E-state index in [4.69, 9.17) is 5.11 Å². The molecule has 1 unspecified atom stereocenters. The monoisotopic (exact) mass is 211 g/mol. The lowest BCUT2D eigenvalue weighted by molar-refractivity contribution is 0.177. The lowest BCUT2D eigenvalue weighted by Gasteiger charge is -2.09. The summed E-state index contributed by atoms with van der Waals surface area (Å²) >= 11 is 0. The van der Waals surface area contributed by atoms with E-state index in [1.165, 1.54) is 6.42 Å². The molecule has 0 saturated carbocycles. The van der Waals surface area contributed by atoms with Gasteiger partial charge in [-0.25, -0.2) is 0 Å². The molecule has 86 valence electrons. The van der Waals surface area contributed by atoms with Crippen molar-refractivity contribution in [2.75, 3.05) is 13.6 Å². The molecule has 0 heterocycles. The summed E-state index contributed by atoms with van der Waals surface area (Å²) in [7, 11) is 1.77. The number of nitrogens with one attached hydrogen (secondary N) is 1. The number of phenols is 1. The van der Waals surface area contributed by atoms with Crippen molar-refractivity contribution in [2.24, 2.45) is 0 Å². The van der Waals surface area contributed by atoms with Gasteiger partial charge in [0.25, 0.3) is 0 Å². The minimum absolute atomic E-state index is 0.183. The van der Waals surface area contributed by atoms with Gasteiger partial charge in [-0.15, -0.1) is 0 Å². The zero-order chi connectivity index (χ0) is 11.7. The number of phenolic OH excluding ortho intramolecular Hbond substituents is 1. The van der Waals surface area contributed by atoms with E-state index in [1.54, 1.807) is 31.3 Å². The second kappa shape index (κ2) is 8.26. The van der Waals surface area contributed by atoms with Gasteiger partial charge in [-0.1, -0.05) is 32.4 Å². The van der Waals surface area contributed by atoms with Crippen molar-refractivity contribution in [3.63, 3.8) is 0 Å². The normalized spacial score (nSPS) is 11.5. The average Bonchev–Trinajstić information content (AvgIpc) is 2.19. The summed E-state index contributed by atoms with van der Waals surface area (Å²) in [6.45, 7) is 4.74. The highest BCUT2D eigenvalue weighted by molar-refractivity contribution is 5.28. The minimum Gasteiger partial charge on any atom is -0.508 e. The molecule has 0 bridgehead atoms. The maximum atomic E-state index is 9.47. The Balaban J connectivity index is 0.000000583. The molecule has 3 N–H and O–H groups in total. The van der Waals surface area contributed by atoms with Crippen LogP contribution in [0.1, 0.15) is 31.9 Å². The Kier molecular flexibility index (Phi) is 7.68. The van der Waals surface area contributed by atoms with E-state index in [-0.39, 0.29) is 5.75 Å². The van der Waals surface area contributed by atoms with Gasteiger partial charge in [-0.05, 0) is 24.7 Å². The van der Waals surface area contributed by atoms with Crippen LogP contribution < -0.4 is 5.32 Å². The number of aliphatic hydroxyl groups excluding tert-OH is 1. The molecule has 0 fully saturated rings. The first-order valence-electron chi connectivity index (χ1n) is 5.27. The van der Waals surface area contributed by atoms with E-state index in [9.17, 15) is 5.11 Å². The summed E-state index contributed by atoms with van der Waals surface area (Å²) in [6.07, 6.45) is 0.696. The number of aromatic hydroxyl groups is 1. The number of hydrogen-bond donors (Lipinski definition) is 3. The first-order chi connectivity index (χ1) is 7.15. The number of aliphatic hydroxyl groups is 1. The molecule has 0 aromatic heterocycles. The lowest BCUT2D eigenvalue weighted by Crippen LogP contribution is -2.16. The van der Waals surface area contributed by atoms with Crippen molar-refractivity contribution < 1.29 is 10.2 Å². The first-order valence-corrected chi connectivity index (χ1v) is 5.27. The predicted octanol–water partition coefficient (Wildman–Crippen LogP) is 2.06. The molecule has 0 spiro atoms. The number of hydrogen-bond acceptors (Lipinski definition) is 3. The summed E-state index contributed by atoms with van der Waals surface area (Å²) in [6, 6.07) is 6.63. The third kappa shape index (κ3) is 6.10. The van der Waals surface area contributed by atoms with E-state index in [1.807, 2.05) is 0 Å². The second-order valence-corrected chi connectivity index (χ2v) is 3.38. The molecule has 1 aromatic carbocycles. The molecule has 0 aliphatic rings. The predicted molar refractivity (Wildman–Crippen MR) is 63.0 cm³/mol. The molecule has 0 saturated heterocycles. The van der Waals surface area contributed by atoms with Crippen molar-refractivity contribution in [1.82, 2.24) is 5.32 Å². The Morgan fingerprint density at radius 2 is 1.93 bits per heavy atom. The summed E-state index contributed by atoms with van der Waals surface area (Å²) in [5.74, 6) is 0.183. The number of likely N-dealkylation sites (N-methyl/N-ethyl adjacent to an activating group) is 1. The van der Waals surface area contributed by atoms with Gasteiger partial charge < -0.3 is 15.5 Å². The third-order valence-electron chi connectivity index (χ3n) is 1.65. The van der Waals surface area contributed by atoms with Crippen molar-refractivity contribution in [3.8, 4) is 5.75 Å². The average molecular weight is 211 g/mol. The van der Waals surface area contributed by atoms with Crippen LogP contribution in [-0.4, -0.2) is 23.8 Å². The van der Waals surface area contributed by atoms with Gasteiger partial charge >= 0.3 is 0 Å². The SMILES string of the molecule is CCC.CNCC(O)c1cccc(O)c1. The van der Waals surface area contributed by atoms with E-state index >= 15 is 0 Å². The van der Waals surface area contributed by atoms with Gasteiger partial charge in [0.05, 0.1) is 6.10 Å². The van der Waals surface area contributed by atoms with Gasteiger partial charge in [-0.2, -0.15) is 0 Å². The molecule has 3 nitrogen and oxygen atoms in total. The van der Waals surface area contributed by atoms with Crippen LogP contribution in [0.15, 0.2) is 24.3 Å². The standard InChI is InChI=1S/C9H13NO2.C3H8/c1-10-6-9(12)7-3-2-4-8(11)5-7;1-3-2/h2-5,9-12H,6H2,1H3;3H2,1-2H3. The Labute approximate surface area is 91.8 Å². The van der Waals surface area contributed by atoms with E-state index in [0.29, 0.717) is 6.54 Å². The van der Waals surface area contributed by atoms with Gasteiger partial charge in [-0.3, -0.25) is 0 Å². The Morgan fingerprint density at radius 1 is 1.33 bits per heavy atom. The molecule has 0 amide bonds. The highest BCUT2D eigenvalue weighted by Crippen LogP contribution is 2.17. The van der Waals surface area contributed by atoms with E-state index < -0.39 is 6.10 Å². The Hall–Kier alpha value is -1.06. The molecule has 0 aliphatic heterocycles. The van der Waals surface area contributed by atoms with Crippen LogP contribution >= 0.6 is 0 Å². The summed E-state index contributed by atoms with van der Waals surface area (Å²) < 4.78 is 0. The van der Waals surface area contributed by atoms with Crippen LogP contribution in [0, 0.1) is 0 Å². The molecule has 1 aromatic rings. The third-order valence-corrected chi connectivity index (χ3v) is 1.65. The fourth-order valence-corrected chi connectivity index (χ4v) is 1.04. The summed E-state index contributed by atoms with van der Waals surface area (Å²) in [5.41, 5.74) is 0.726. The van der Waals surface area contributed by atoms with Gasteiger partial charge in [0.1, 0.15) is 5.75 Å². The molecule has 15 heavy (non-hydrogen) atoms. The highest BCUT2D eigenvalue weighted by atomic mass is 16.3. The number of rotatable bonds is 3. The van der Waals surface area contributed by atoms with Gasteiger partial charge in [0.15, 0.2) is 0 Å². The van der Waals surface area contributed by atoms with Crippen LogP contribution in [0.3, 0.4) is 0 Å². The van der Waals surface area contributed by atoms with Crippen LogP contribution in [0.5, 0.6) is 5.75 Å². The number of benzene rings is 1. The van der Waals surface area contributed by atoms with Crippen molar-refractivity contribution in [3.05, 3.63) is 29.8 Å². The summed E-state index contributed by atoms with van der Waals surface area (Å²) in [5, 5.41) is 21.4. The maximum absolute atomic E-state index is 9.47. The lowest BCUT2D eigenvalue weighted by atomic mass is 10.1. The van der Waals surface area contributed by atoms with E-state index in [0.717, 1.165) is 5.56 Å². The minimum atomic E-state index is -0.554. The smallest absolute Gasteiger partial charge is 0.115 e. The first kappa shape index (κ1) is 13.9. The fourth-order valence-electron chi connectivity index (χ4n) is 1.04. The van der Waals surface area contributed by atoms with E-state index in [2.05, 4.69) is 19.2 Å². The topological polar surface area (TPSA) is 52.5 Å². The van der Waals surface area contributed by atoms with Crippen LogP contribution in [0.4, 0.5) is 0 Å². The molecular formula is C12H21NO2. The highest BCUT2D eigenvalue weighted by Gasteiger charge is 2.05. The molecule has 1 atom stereocenters. The second-order valence-electron chi connectivity index (χ2n) is 3.38.